The Labute approximate surface area is 138 Å². The van der Waals surface area contributed by atoms with E-state index >= 15 is 0 Å². The van der Waals surface area contributed by atoms with Crippen molar-refractivity contribution in [1.29, 1.82) is 0 Å². The molecule has 0 fully saturated rings. The molecule has 5 nitrogen and oxygen atoms in total. The van der Waals surface area contributed by atoms with Gasteiger partial charge in [0.1, 0.15) is 0 Å². The van der Waals surface area contributed by atoms with Gasteiger partial charge in [0.05, 0.1) is 15.9 Å². The van der Waals surface area contributed by atoms with Crippen LogP contribution in [0.3, 0.4) is 0 Å². The van der Waals surface area contributed by atoms with Gasteiger partial charge in [0, 0.05) is 18.3 Å². The minimum atomic E-state index is -0.237. The number of aromatic nitrogens is 2. The van der Waals surface area contributed by atoms with E-state index in [1.807, 2.05) is 39.1 Å². The number of rotatable bonds is 3. The number of carbonyl (C=O) groups excluding carboxylic acids is 1. The Bertz CT molecular complexity index is 872. The summed E-state index contributed by atoms with van der Waals surface area (Å²) in [4.78, 5) is 20.7. The van der Waals surface area contributed by atoms with Crippen LogP contribution in [0.5, 0.6) is 0 Å². The Kier molecular flexibility index (Phi) is 4.25. The van der Waals surface area contributed by atoms with Gasteiger partial charge < -0.3 is 5.32 Å². The number of fused-ring (bicyclic) bond motifs is 1. The van der Waals surface area contributed by atoms with E-state index in [0.29, 0.717) is 11.7 Å². The van der Waals surface area contributed by atoms with E-state index in [1.54, 1.807) is 0 Å². The van der Waals surface area contributed by atoms with Crippen LogP contribution in [0, 0.1) is 13.8 Å². The van der Waals surface area contributed by atoms with Crippen LogP contribution in [0.4, 0.5) is 9.93 Å². The maximum atomic E-state index is 11.7. The normalized spacial score (nSPS) is 10.7. The summed E-state index contributed by atoms with van der Waals surface area (Å²) in [6, 6.07) is 7.93. The Balaban J connectivity index is 2.08. The van der Waals surface area contributed by atoms with Crippen LogP contribution in [0.1, 0.15) is 18.1 Å². The van der Waals surface area contributed by atoms with Crippen LogP contribution in [-0.2, 0) is 0 Å². The predicted octanol–water partition coefficient (Wildman–Crippen LogP) is 4.12. The van der Waals surface area contributed by atoms with Gasteiger partial charge in [-0.3, -0.25) is 10.3 Å². The molecule has 6 heteroatoms. The molecule has 0 aliphatic carbocycles. The Morgan fingerprint density at radius 3 is 2.78 bits per heavy atom. The molecule has 3 rings (SSSR count). The standard InChI is InChI=1S/C17H18N4OS/c1-4-18-16(22)21-17-20-14-9-11(3)7-12(15(14)23-17)13-8-10(2)5-6-19-13/h5-9H,4H2,1-3H3,(H2,18,20,21,22). The maximum absolute atomic E-state index is 11.7. The van der Waals surface area contributed by atoms with Crippen LogP contribution < -0.4 is 10.6 Å². The summed E-state index contributed by atoms with van der Waals surface area (Å²) in [5.74, 6) is 0. The van der Waals surface area contributed by atoms with E-state index in [4.69, 9.17) is 0 Å². The largest absolute Gasteiger partial charge is 0.338 e. The van der Waals surface area contributed by atoms with Gasteiger partial charge in [0.2, 0.25) is 0 Å². The number of carbonyl (C=O) groups is 1. The number of amides is 2. The van der Waals surface area contributed by atoms with Crippen LogP contribution in [0.25, 0.3) is 21.5 Å². The van der Waals surface area contributed by atoms with Crippen molar-refractivity contribution in [1.82, 2.24) is 15.3 Å². The van der Waals surface area contributed by atoms with Crippen molar-refractivity contribution in [2.24, 2.45) is 0 Å². The molecule has 2 amide bonds. The fourth-order valence-electron chi connectivity index (χ4n) is 2.40. The molecule has 0 aliphatic heterocycles. The van der Waals surface area contributed by atoms with Gasteiger partial charge in [0.15, 0.2) is 5.13 Å². The van der Waals surface area contributed by atoms with Crippen molar-refractivity contribution in [3.8, 4) is 11.3 Å². The summed E-state index contributed by atoms with van der Waals surface area (Å²) >= 11 is 1.46. The van der Waals surface area contributed by atoms with Gasteiger partial charge in [-0.1, -0.05) is 11.3 Å². The summed E-state index contributed by atoms with van der Waals surface area (Å²) in [6.45, 7) is 6.54. The number of pyridine rings is 1. The third kappa shape index (κ3) is 3.32. The van der Waals surface area contributed by atoms with Crippen LogP contribution >= 0.6 is 11.3 Å². The predicted molar refractivity (Wildman–Crippen MR) is 95.0 cm³/mol. The van der Waals surface area contributed by atoms with E-state index in [1.165, 1.54) is 11.3 Å². The van der Waals surface area contributed by atoms with E-state index in [-0.39, 0.29) is 6.03 Å². The first-order chi connectivity index (χ1) is 11.1. The zero-order valence-electron chi connectivity index (χ0n) is 13.3. The second kappa shape index (κ2) is 6.34. The smallest absolute Gasteiger partial charge is 0.321 e. The quantitative estimate of drug-likeness (QED) is 0.761. The lowest BCUT2D eigenvalue weighted by Gasteiger charge is -2.04. The van der Waals surface area contributed by atoms with Gasteiger partial charge >= 0.3 is 6.03 Å². The molecule has 2 N–H and O–H groups in total. The van der Waals surface area contributed by atoms with Gasteiger partial charge in [-0.25, -0.2) is 9.78 Å². The van der Waals surface area contributed by atoms with E-state index in [2.05, 4.69) is 32.7 Å². The average molecular weight is 326 g/mol. The highest BCUT2D eigenvalue weighted by Crippen LogP contribution is 2.35. The number of thiazole rings is 1. The fourth-order valence-corrected chi connectivity index (χ4v) is 3.37. The average Bonchev–Trinajstić information content (AvgIpc) is 2.88. The molecule has 0 bridgehead atoms. The number of hydrogen-bond donors (Lipinski definition) is 2. The van der Waals surface area contributed by atoms with Crippen LogP contribution in [0.2, 0.25) is 0 Å². The number of urea groups is 1. The van der Waals surface area contributed by atoms with Gasteiger partial charge in [-0.2, -0.15) is 0 Å². The lowest BCUT2D eigenvalue weighted by atomic mass is 10.1. The molecular weight excluding hydrogens is 308 g/mol. The highest BCUT2D eigenvalue weighted by atomic mass is 32.1. The summed E-state index contributed by atoms with van der Waals surface area (Å²) < 4.78 is 1.03. The molecule has 3 aromatic rings. The third-order valence-corrected chi connectivity index (χ3v) is 4.40. The van der Waals surface area contributed by atoms with Crippen molar-refractivity contribution in [3.63, 3.8) is 0 Å². The first-order valence-electron chi connectivity index (χ1n) is 7.46. The maximum Gasteiger partial charge on any atom is 0.321 e. The van der Waals surface area contributed by atoms with Crippen molar-refractivity contribution in [2.75, 3.05) is 11.9 Å². The molecule has 0 unspecified atom stereocenters. The number of aryl methyl sites for hydroxylation is 2. The summed E-state index contributed by atoms with van der Waals surface area (Å²) in [6.07, 6.45) is 1.81. The first kappa shape index (κ1) is 15.4. The van der Waals surface area contributed by atoms with E-state index in [9.17, 15) is 4.79 Å². The molecule has 0 atom stereocenters. The lowest BCUT2D eigenvalue weighted by molar-refractivity contribution is 0.252. The Morgan fingerprint density at radius 1 is 1.22 bits per heavy atom. The van der Waals surface area contributed by atoms with E-state index in [0.717, 1.165) is 32.6 Å². The molecule has 0 radical (unpaired) electrons. The minimum Gasteiger partial charge on any atom is -0.338 e. The highest BCUT2D eigenvalue weighted by molar-refractivity contribution is 7.22. The second-order valence-electron chi connectivity index (χ2n) is 5.38. The fraction of sp³-hybridized carbons (Fsp3) is 0.235. The molecule has 118 valence electrons. The number of benzene rings is 1. The SMILES string of the molecule is CCNC(=O)Nc1nc2cc(C)cc(-c3cc(C)ccn3)c2s1. The van der Waals surface area contributed by atoms with Crippen molar-refractivity contribution >= 4 is 32.7 Å². The Hall–Kier alpha value is -2.47. The second-order valence-corrected chi connectivity index (χ2v) is 6.38. The summed E-state index contributed by atoms with van der Waals surface area (Å²) in [5, 5.41) is 6.07. The lowest BCUT2D eigenvalue weighted by Crippen LogP contribution is -2.28. The minimum absolute atomic E-state index is 0.237. The topological polar surface area (TPSA) is 66.9 Å². The number of nitrogens with one attached hydrogen (secondary N) is 2. The monoisotopic (exact) mass is 326 g/mol. The zero-order chi connectivity index (χ0) is 16.4. The molecule has 0 spiro atoms. The molecule has 1 aromatic carbocycles. The third-order valence-electron chi connectivity index (χ3n) is 3.38. The molecule has 2 heterocycles. The number of hydrogen-bond acceptors (Lipinski definition) is 4. The Morgan fingerprint density at radius 2 is 2.04 bits per heavy atom. The summed E-state index contributed by atoms with van der Waals surface area (Å²) in [5.41, 5.74) is 5.12. The number of anilines is 1. The molecule has 0 saturated heterocycles. The first-order valence-corrected chi connectivity index (χ1v) is 8.27. The highest BCUT2D eigenvalue weighted by Gasteiger charge is 2.13. The number of nitrogens with zero attached hydrogens (tertiary/aromatic N) is 2. The van der Waals surface area contributed by atoms with Gasteiger partial charge in [0.25, 0.3) is 0 Å². The van der Waals surface area contributed by atoms with Crippen molar-refractivity contribution < 1.29 is 4.79 Å². The van der Waals surface area contributed by atoms with Crippen molar-refractivity contribution in [3.05, 3.63) is 41.6 Å². The van der Waals surface area contributed by atoms with E-state index < -0.39 is 0 Å². The van der Waals surface area contributed by atoms with Crippen LogP contribution in [0.15, 0.2) is 30.5 Å². The molecule has 0 saturated carbocycles. The van der Waals surface area contributed by atoms with Gasteiger partial charge in [-0.15, -0.1) is 0 Å². The zero-order valence-corrected chi connectivity index (χ0v) is 14.1. The van der Waals surface area contributed by atoms with Gasteiger partial charge in [-0.05, 0) is 56.2 Å². The summed E-state index contributed by atoms with van der Waals surface area (Å²) in [7, 11) is 0. The molecular formula is C17H18N4OS. The molecule has 2 aromatic heterocycles. The molecule has 23 heavy (non-hydrogen) atoms. The van der Waals surface area contributed by atoms with Crippen molar-refractivity contribution in [2.45, 2.75) is 20.8 Å². The molecule has 0 aliphatic rings. The van der Waals surface area contributed by atoms with Crippen LogP contribution in [-0.4, -0.2) is 22.5 Å².